The fourth-order valence-corrected chi connectivity index (χ4v) is 2.85. The molecule has 24 heavy (non-hydrogen) atoms. The second-order valence-corrected chi connectivity index (χ2v) is 6.09. The summed E-state index contributed by atoms with van der Waals surface area (Å²) in [4.78, 5) is 25.8. The van der Waals surface area contributed by atoms with Crippen LogP contribution in [-0.4, -0.2) is 50.1 Å². The Balaban J connectivity index is 1.69. The van der Waals surface area contributed by atoms with Gasteiger partial charge < -0.3 is 15.0 Å². The Kier molecular flexibility index (Phi) is 7.18. The van der Waals surface area contributed by atoms with Gasteiger partial charge in [0.2, 0.25) is 11.8 Å². The molecule has 6 heteroatoms. The van der Waals surface area contributed by atoms with E-state index in [1.807, 2.05) is 0 Å². The molecule has 1 saturated heterocycles. The Hall–Kier alpha value is -1.95. The summed E-state index contributed by atoms with van der Waals surface area (Å²) in [6, 6.07) is 6.41. The Morgan fingerprint density at radius 1 is 1.38 bits per heavy atom. The van der Waals surface area contributed by atoms with Crippen LogP contribution in [-0.2, 0) is 20.7 Å². The van der Waals surface area contributed by atoms with Crippen molar-refractivity contribution in [3.8, 4) is 0 Å². The van der Waals surface area contributed by atoms with Gasteiger partial charge >= 0.3 is 0 Å². The molecule has 2 amide bonds. The first-order chi connectivity index (χ1) is 11.6. The number of methoxy groups -OCH3 is 1. The van der Waals surface area contributed by atoms with Gasteiger partial charge in [-0.3, -0.25) is 9.59 Å². The van der Waals surface area contributed by atoms with Crippen LogP contribution in [0.15, 0.2) is 24.3 Å². The van der Waals surface area contributed by atoms with Crippen LogP contribution in [0, 0.1) is 11.7 Å². The highest BCUT2D eigenvalue weighted by atomic mass is 19.1. The average molecular weight is 336 g/mol. The molecule has 1 unspecified atom stereocenters. The first-order valence-corrected chi connectivity index (χ1v) is 8.39. The van der Waals surface area contributed by atoms with E-state index in [4.69, 9.17) is 4.74 Å². The number of likely N-dealkylation sites (tertiary alicyclic amines) is 1. The van der Waals surface area contributed by atoms with Crippen molar-refractivity contribution in [3.63, 3.8) is 0 Å². The fourth-order valence-electron chi connectivity index (χ4n) is 2.85. The number of benzene rings is 1. The average Bonchev–Trinajstić information content (AvgIpc) is 2.59. The van der Waals surface area contributed by atoms with Crippen LogP contribution in [0.1, 0.15) is 24.8 Å². The van der Waals surface area contributed by atoms with Crippen molar-refractivity contribution in [3.05, 3.63) is 35.6 Å². The minimum Gasteiger partial charge on any atom is -0.383 e. The van der Waals surface area contributed by atoms with Crippen LogP contribution in [0.3, 0.4) is 0 Å². The van der Waals surface area contributed by atoms with Gasteiger partial charge in [-0.2, -0.15) is 0 Å². The minimum atomic E-state index is -0.239. The van der Waals surface area contributed by atoms with Gasteiger partial charge in [-0.25, -0.2) is 4.39 Å². The SMILES string of the molecule is COCCN1CC(C(=O)NCCCc2ccc(F)cc2)CCC1=O. The number of carbonyl (C=O) groups excluding carboxylic acids is 2. The molecule has 1 fully saturated rings. The molecule has 1 atom stereocenters. The van der Waals surface area contributed by atoms with E-state index < -0.39 is 0 Å². The maximum absolute atomic E-state index is 12.8. The molecule has 132 valence electrons. The minimum absolute atomic E-state index is 0.00372. The van der Waals surface area contributed by atoms with Crippen LogP contribution < -0.4 is 5.32 Å². The zero-order valence-corrected chi connectivity index (χ0v) is 14.1. The van der Waals surface area contributed by atoms with Gasteiger partial charge in [0, 0.05) is 33.2 Å². The summed E-state index contributed by atoms with van der Waals surface area (Å²) in [6.07, 6.45) is 2.61. The molecule has 0 saturated carbocycles. The highest BCUT2D eigenvalue weighted by Crippen LogP contribution is 2.17. The summed E-state index contributed by atoms with van der Waals surface area (Å²) in [5, 5.41) is 2.94. The Morgan fingerprint density at radius 2 is 2.12 bits per heavy atom. The highest BCUT2D eigenvalue weighted by molar-refractivity contribution is 5.83. The maximum atomic E-state index is 12.8. The number of halogens is 1. The van der Waals surface area contributed by atoms with Crippen molar-refractivity contribution in [2.45, 2.75) is 25.7 Å². The van der Waals surface area contributed by atoms with Crippen molar-refractivity contribution in [2.75, 3.05) is 33.4 Å². The fraction of sp³-hybridized carbons (Fsp3) is 0.556. The molecule has 0 aromatic heterocycles. The van der Waals surface area contributed by atoms with Gasteiger partial charge in [0.05, 0.1) is 12.5 Å². The summed E-state index contributed by atoms with van der Waals surface area (Å²) in [6.45, 7) is 2.06. The molecular formula is C18H25FN2O3. The summed E-state index contributed by atoms with van der Waals surface area (Å²) in [5.41, 5.74) is 1.06. The summed E-state index contributed by atoms with van der Waals surface area (Å²) >= 11 is 0. The quantitative estimate of drug-likeness (QED) is 0.736. The van der Waals surface area contributed by atoms with Crippen molar-refractivity contribution in [1.29, 1.82) is 0 Å². The number of rotatable bonds is 8. The number of carbonyl (C=O) groups is 2. The number of piperidine rings is 1. The largest absolute Gasteiger partial charge is 0.383 e. The molecule has 0 spiro atoms. The van der Waals surface area contributed by atoms with Crippen LogP contribution in [0.5, 0.6) is 0 Å². The number of aryl methyl sites for hydroxylation is 1. The van der Waals surface area contributed by atoms with Crippen molar-refractivity contribution >= 4 is 11.8 Å². The summed E-state index contributed by atoms with van der Waals surface area (Å²) in [7, 11) is 1.60. The number of hydrogen-bond acceptors (Lipinski definition) is 3. The number of hydrogen-bond donors (Lipinski definition) is 1. The Bertz CT molecular complexity index is 548. The summed E-state index contributed by atoms with van der Waals surface area (Å²) < 4.78 is 17.8. The highest BCUT2D eigenvalue weighted by Gasteiger charge is 2.29. The van der Waals surface area contributed by atoms with Crippen molar-refractivity contribution in [1.82, 2.24) is 10.2 Å². The molecule has 1 heterocycles. The van der Waals surface area contributed by atoms with Gasteiger partial charge in [-0.1, -0.05) is 12.1 Å². The number of nitrogens with one attached hydrogen (secondary N) is 1. The van der Waals surface area contributed by atoms with E-state index in [2.05, 4.69) is 5.32 Å². The third kappa shape index (κ3) is 5.60. The van der Waals surface area contributed by atoms with Gasteiger partial charge in [0.25, 0.3) is 0 Å². The number of amides is 2. The van der Waals surface area contributed by atoms with E-state index in [-0.39, 0.29) is 23.5 Å². The normalized spacial score (nSPS) is 17.8. The Morgan fingerprint density at radius 3 is 2.83 bits per heavy atom. The second-order valence-electron chi connectivity index (χ2n) is 6.09. The van der Waals surface area contributed by atoms with E-state index in [0.717, 1.165) is 18.4 Å². The van der Waals surface area contributed by atoms with Crippen LogP contribution in [0.2, 0.25) is 0 Å². The van der Waals surface area contributed by atoms with E-state index >= 15 is 0 Å². The lowest BCUT2D eigenvalue weighted by Gasteiger charge is -2.31. The summed E-state index contributed by atoms with van der Waals surface area (Å²) in [5.74, 6) is -0.293. The molecule has 1 N–H and O–H groups in total. The van der Waals surface area contributed by atoms with E-state index in [1.54, 1.807) is 24.1 Å². The topological polar surface area (TPSA) is 58.6 Å². The van der Waals surface area contributed by atoms with Gasteiger partial charge in [0.15, 0.2) is 0 Å². The molecule has 2 rings (SSSR count). The van der Waals surface area contributed by atoms with E-state index in [1.165, 1.54) is 12.1 Å². The lowest BCUT2D eigenvalue weighted by Crippen LogP contribution is -2.46. The van der Waals surface area contributed by atoms with Gasteiger partial charge in [-0.15, -0.1) is 0 Å². The van der Waals surface area contributed by atoms with Gasteiger partial charge in [-0.05, 0) is 37.0 Å². The number of nitrogens with zero attached hydrogens (tertiary/aromatic N) is 1. The van der Waals surface area contributed by atoms with Crippen LogP contribution in [0.4, 0.5) is 4.39 Å². The van der Waals surface area contributed by atoms with Crippen LogP contribution in [0.25, 0.3) is 0 Å². The van der Waals surface area contributed by atoms with Crippen LogP contribution >= 0.6 is 0 Å². The molecule has 1 aromatic carbocycles. The Labute approximate surface area is 142 Å². The first kappa shape index (κ1) is 18.4. The molecule has 0 bridgehead atoms. The lowest BCUT2D eigenvalue weighted by atomic mass is 9.96. The molecule has 5 nitrogen and oxygen atoms in total. The zero-order chi connectivity index (χ0) is 17.4. The second kappa shape index (κ2) is 9.37. The molecule has 1 aromatic rings. The zero-order valence-electron chi connectivity index (χ0n) is 14.1. The predicted octanol–water partition coefficient (Wildman–Crippen LogP) is 1.76. The first-order valence-electron chi connectivity index (χ1n) is 8.39. The number of ether oxygens (including phenoxy) is 1. The molecule has 0 aliphatic carbocycles. The third-order valence-corrected chi connectivity index (χ3v) is 4.29. The standard InChI is InChI=1S/C18H25FN2O3/c1-24-12-11-21-13-15(6-9-17(21)22)18(23)20-10-2-3-14-4-7-16(19)8-5-14/h4-5,7-8,15H,2-3,6,9-13H2,1H3,(H,20,23). The maximum Gasteiger partial charge on any atom is 0.224 e. The van der Waals surface area contributed by atoms with Crippen molar-refractivity contribution in [2.24, 2.45) is 5.92 Å². The molecule has 1 aliphatic heterocycles. The lowest BCUT2D eigenvalue weighted by molar-refractivity contribution is -0.138. The third-order valence-electron chi connectivity index (χ3n) is 4.29. The van der Waals surface area contributed by atoms with E-state index in [9.17, 15) is 14.0 Å². The van der Waals surface area contributed by atoms with Crippen molar-refractivity contribution < 1.29 is 18.7 Å². The molecule has 1 aliphatic rings. The monoisotopic (exact) mass is 336 g/mol. The smallest absolute Gasteiger partial charge is 0.224 e. The predicted molar refractivity (Wildman–Crippen MR) is 88.9 cm³/mol. The van der Waals surface area contributed by atoms with Gasteiger partial charge in [0.1, 0.15) is 5.82 Å². The van der Waals surface area contributed by atoms with E-state index in [0.29, 0.717) is 39.1 Å². The molecule has 0 radical (unpaired) electrons. The molecular weight excluding hydrogens is 311 g/mol.